The normalized spacial score (nSPS) is 15.0. The topological polar surface area (TPSA) is 78.5 Å². The van der Waals surface area contributed by atoms with Gasteiger partial charge in [-0.05, 0) is 55.3 Å². The molecule has 150 valence electrons. The summed E-state index contributed by atoms with van der Waals surface area (Å²) in [4.78, 5) is 13.4. The number of benzene rings is 2. The van der Waals surface area contributed by atoms with E-state index in [2.05, 4.69) is 14.9 Å². The van der Waals surface area contributed by atoms with E-state index in [9.17, 15) is 13.2 Å². The standard InChI is InChI=1S/C20H24ClN3O3S/c1-15(25)22-17-7-9-18(10-8-17)28(26,27)23-19-14-16(21)6-11-20(19)24-12-4-2-3-5-13-24/h6-11,14,23H,2-5,12-13H2,1H3,(H,22,25). The first-order chi connectivity index (χ1) is 13.3. The molecule has 1 amide bonds. The van der Waals surface area contributed by atoms with E-state index < -0.39 is 10.0 Å². The second-order valence-electron chi connectivity index (χ2n) is 6.87. The minimum atomic E-state index is -3.79. The minimum Gasteiger partial charge on any atom is -0.370 e. The van der Waals surface area contributed by atoms with Crippen molar-refractivity contribution in [1.29, 1.82) is 0 Å². The van der Waals surface area contributed by atoms with Crippen molar-refractivity contribution in [2.45, 2.75) is 37.5 Å². The van der Waals surface area contributed by atoms with Gasteiger partial charge < -0.3 is 10.2 Å². The van der Waals surface area contributed by atoms with Crippen LogP contribution in [0.3, 0.4) is 0 Å². The molecule has 8 heteroatoms. The Balaban J connectivity index is 1.87. The number of carbonyl (C=O) groups is 1. The third-order valence-electron chi connectivity index (χ3n) is 4.63. The summed E-state index contributed by atoms with van der Waals surface area (Å²) in [5.41, 5.74) is 1.85. The Morgan fingerprint density at radius 1 is 1.00 bits per heavy atom. The van der Waals surface area contributed by atoms with Crippen molar-refractivity contribution in [3.8, 4) is 0 Å². The fourth-order valence-electron chi connectivity index (χ4n) is 3.30. The molecular formula is C20H24ClN3O3S. The van der Waals surface area contributed by atoms with Crippen LogP contribution in [0.5, 0.6) is 0 Å². The molecule has 0 radical (unpaired) electrons. The van der Waals surface area contributed by atoms with E-state index in [1.165, 1.54) is 31.9 Å². The lowest BCUT2D eigenvalue weighted by molar-refractivity contribution is -0.114. The lowest BCUT2D eigenvalue weighted by Crippen LogP contribution is -2.25. The maximum atomic E-state index is 12.9. The molecule has 0 atom stereocenters. The number of rotatable bonds is 5. The van der Waals surface area contributed by atoms with Crippen LogP contribution in [0.4, 0.5) is 17.1 Å². The first-order valence-corrected chi connectivity index (χ1v) is 11.2. The van der Waals surface area contributed by atoms with Crippen LogP contribution in [0.25, 0.3) is 0 Å². The molecule has 0 aromatic heterocycles. The SMILES string of the molecule is CC(=O)Nc1ccc(S(=O)(=O)Nc2cc(Cl)ccc2N2CCCCCC2)cc1. The lowest BCUT2D eigenvalue weighted by Gasteiger charge is -2.26. The van der Waals surface area contributed by atoms with Crippen LogP contribution in [0.1, 0.15) is 32.6 Å². The molecule has 2 aromatic rings. The highest BCUT2D eigenvalue weighted by Gasteiger charge is 2.20. The summed E-state index contributed by atoms with van der Waals surface area (Å²) in [6.45, 7) is 3.18. The highest BCUT2D eigenvalue weighted by molar-refractivity contribution is 7.92. The molecule has 3 rings (SSSR count). The maximum absolute atomic E-state index is 12.9. The second kappa shape index (κ2) is 8.84. The van der Waals surface area contributed by atoms with Gasteiger partial charge in [0.05, 0.1) is 16.3 Å². The smallest absolute Gasteiger partial charge is 0.261 e. The van der Waals surface area contributed by atoms with E-state index in [1.807, 2.05) is 6.07 Å². The molecule has 1 heterocycles. The van der Waals surface area contributed by atoms with Crippen molar-refractivity contribution in [2.75, 3.05) is 28.0 Å². The van der Waals surface area contributed by atoms with Crippen molar-refractivity contribution in [2.24, 2.45) is 0 Å². The quantitative estimate of drug-likeness (QED) is 0.746. The van der Waals surface area contributed by atoms with Crippen LogP contribution < -0.4 is 14.9 Å². The van der Waals surface area contributed by atoms with Gasteiger partial charge in [-0.15, -0.1) is 0 Å². The Hall–Kier alpha value is -2.25. The predicted octanol–water partition coefficient (Wildman–Crippen LogP) is 4.48. The molecule has 2 aromatic carbocycles. The number of nitrogens with zero attached hydrogens (tertiary/aromatic N) is 1. The largest absolute Gasteiger partial charge is 0.370 e. The van der Waals surface area contributed by atoms with Gasteiger partial charge in [-0.1, -0.05) is 24.4 Å². The number of sulfonamides is 1. The van der Waals surface area contributed by atoms with Crippen molar-refractivity contribution >= 4 is 44.6 Å². The fraction of sp³-hybridized carbons (Fsp3) is 0.350. The van der Waals surface area contributed by atoms with Gasteiger partial charge in [0.25, 0.3) is 10.0 Å². The molecular weight excluding hydrogens is 398 g/mol. The van der Waals surface area contributed by atoms with Gasteiger partial charge in [0.2, 0.25) is 5.91 Å². The number of nitrogens with one attached hydrogen (secondary N) is 2. The van der Waals surface area contributed by atoms with Gasteiger partial charge >= 0.3 is 0 Å². The Bertz CT molecular complexity index is 938. The van der Waals surface area contributed by atoms with Crippen LogP contribution in [-0.4, -0.2) is 27.4 Å². The molecule has 2 N–H and O–H groups in total. The third-order valence-corrected chi connectivity index (χ3v) is 6.25. The van der Waals surface area contributed by atoms with E-state index in [0.717, 1.165) is 31.6 Å². The van der Waals surface area contributed by atoms with Gasteiger partial charge in [0, 0.05) is 30.7 Å². The zero-order valence-corrected chi connectivity index (χ0v) is 17.3. The molecule has 0 unspecified atom stereocenters. The molecule has 0 aliphatic carbocycles. The van der Waals surface area contributed by atoms with Crippen molar-refractivity contribution in [3.05, 3.63) is 47.5 Å². The summed E-state index contributed by atoms with van der Waals surface area (Å²) in [6, 6.07) is 11.3. The Labute approximate surface area is 170 Å². The van der Waals surface area contributed by atoms with E-state index in [1.54, 1.807) is 24.3 Å². The molecule has 1 aliphatic rings. The molecule has 6 nitrogen and oxygen atoms in total. The fourth-order valence-corrected chi connectivity index (χ4v) is 4.54. The van der Waals surface area contributed by atoms with Gasteiger partial charge in [-0.25, -0.2) is 8.42 Å². The van der Waals surface area contributed by atoms with Gasteiger partial charge in [0.15, 0.2) is 0 Å². The maximum Gasteiger partial charge on any atom is 0.261 e. The van der Waals surface area contributed by atoms with Crippen LogP contribution in [0.2, 0.25) is 5.02 Å². The van der Waals surface area contributed by atoms with Crippen LogP contribution >= 0.6 is 11.6 Å². The molecule has 1 saturated heterocycles. The van der Waals surface area contributed by atoms with Crippen molar-refractivity contribution in [1.82, 2.24) is 0 Å². The number of carbonyl (C=O) groups excluding carboxylic acids is 1. The highest BCUT2D eigenvalue weighted by atomic mass is 35.5. The number of hydrogen-bond donors (Lipinski definition) is 2. The average Bonchev–Trinajstić information content (AvgIpc) is 2.91. The Kier molecular flexibility index (Phi) is 6.46. The molecule has 1 aliphatic heterocycles. The van der Waals surface area contributed by atoms with Crippen molar-refractivity contribution in [3.63, 3.8) is 0 Å². The number of hydrogen-bond acceptors (Lipinski definition) is 4. The van der Waals surface area contributed by atoms with Crippen molar-refractivity contribution < 1.29 is 13.2 Å². The molecule has 28 heavy (non-hydrogen) atoms. The average molecular weight is 422 g/mol. The molecule has 0 spiro atoms. The number of halogens is 1. The first kappa shape index (κ1) is 20.5. The second-order valence-corrected chi connectivity index (χ2v) is 8.99. The summed E-state index contributed by atoms with van der Waals surface area (Å²) in [5.74, 6) is -0.213. The molecule has 0 bridgehead atoms. The minimum absolute atomic E-state index is 0.114. The zero-order valence-electron chi connectivity index (χ0n) is 15.7. The van der Waals surface area contributed by atoms with Crippen LogP contribution in [0, 0.1) is 0 Å². The van der Waals surface area contributed by atoms with Gasteiger partial charge in [-0.2, -0.15) is 0 Å². The summed E-state index contributed by atoms with van der Waals surface area (Å²) < 4.78 is 28.5. The summed E-state index contributed by atoms with van der Waals surface area (Å²) in [7, 11) is -3.79. The van der Waals surface area contributed by atoms with Gasteiger partial charge in [-0.3, -0.25) is 9.52 Å². The van der Waals surface area contributed by atoms with E-state index in [-0.39, 0.29) is 10.8 Å². The summed E-state index contributed by atoms with van der Waals surface area (Å²) in [5, 5.41) is 3.09. The lowest BCUT2D eigenvalue weighted by atomic mass is 10.2. The molecule has 1 fully saturated rings. The first-order valence-electron chi connectivity index (χ1n) is 9.30. The third kappa shape index (κ3) is 5.17. The van der Waals surface area contributed by atoms with E-state index in [0.29, 0.717) is 16.4 Å². The monoisotopic (exact) mass is 421 g/mol. The Morgan fingerprint density at radius 3 is 2.25 bits per heavy atom. The van der Waals surface area contributed by atoms with Crippen LogP contribution in [-0.2, 0) is 14.8 Å². The highest BCUT2D eigenvalue weighted by Crippen LogP contribution is 2.32. The van der Waals surface area contributed by atoms with Gasteiger partial charge in [0.1, 0.15) is 0 Å². The molecule has 0 saturated carbocycles. The summed E-state index contributed by atoms with van der Waals surface area (Å²) in [6.07, 6.45) is 4.54. The van der Waals surface area contributed by atoms with Crippen LogP contribution in [0.15, 0.2) is 47.4 Å². The number of anilines is 3. The van der Waals surface area contributed by atoms with E-state index in [4.69, 9.17) is 11.6 Å². The predicted molar refractivity (Wildman–Crippen MR) is 114 cm³/mol. The Morgan fingerprint density at radius 2 is 1.64 bits per heavy atom. The number of amides is 1. The zero-order chi connectivity index (χ0) is 20.1. The van der Waals surface area contributed by atoms with E-state index >= 15 is 0 Å². The summed E-state index contributed by atoms with van der Waals surface area (Å²) >= 11 is 6.14.